The first-order valence-corrected chi connectivity index (χ1v) is 6.51. The topological polar surface area (TPSA) is 73.6 Å². The van der Waals surface area contributed by atoms with Gasteiger partial charge in [-0.2, -0.15) is 0 Å². The van der Waals surface area contributed by atoms with E-state index in [9.17, 15) is 4.79 Å². The maximum Gasteiger partial charge on any atom is 0.255 e. The third-order valence-electron chi connectivity index (χ3n) is 3.13. The highest BCUT2D eigenvalue weighted by Gasteiger charge is 2.12. The van der Waals surface area contributed by atoms with Crippen molar-refractivity contribution in [3.05, 3.63) is 53.6 Å². The summed E-state index contributed by atoms with van der Waals surface area (Å²) in [6.45, 7) is 0.363. The van der Waals surface area contributed by atoms with Gasteiger partial charge in [-0.15, -0.1) is 0 Å². The molecule has 0 aliphatic rings. The fourth-order valence-corrected chi connectivity index (χ4v) is 1.99. The maximum absolute atomic E-state index is 12.3. The number of ether oxygens (including phenoxy) is 2. The molecule has 2 aromatic rings. The number of hydrogen-bond acceptors (Lipinski definition) is 4. The standard InChI is InChI=1S/C16H18N2O3/c1-20-14-8-7-11(9-15(14)21-2)16(19)18-13-6-4-3-5-12(13)10-17/h3-9H,10,17H2,1-2H3,(H,18,19). The number of rotatable bonds is 5. The highest BCUT2D eigenvalue weighted by Crippen LogP contribution is 2.28. The molecule has 5 nitrogen and oxygen atoms in total. The number of nitrogens with two attached hydrogens (primary N) is 1. The third kappa shape index (κ3) is 3.32. The Bertz CT molecular complexity index is 641. The van der Waals surface area contributed by atoms with Crippen LogP contribution in [0.15, 0.2) is 42.5 Å². The predicted octanol–water partition coefficient (Wildman–Crippen LogP) is 2.41. The lowest BCUT2D eigenvalue weighted by Gasteiger charge is -2.11. The molecule has 0 fully saturated rings. The van der Waals surface area contributed by atoms with Crippen molar-refractivity contribution in [3.63, 3.8) is 0 Å². The van der Waals surface area contributed by atoms with Crippen molar-refractivity contribution in [1.29, 1.82) is 0 Å². The lowest BCUT2D eigenvalue weighted by molar-refractivity contribution is 0.102. The van der Waals surface area contributed by atoms with E-state index in [1.54, 1.807) is 25.3 Å². The average Bonchev–Trinajstić information content (AvgIpc) is 2.54. The molecule has 1 amide bonds. The van der Waals surface area contributed by atoms with Gasteiger partial charge in [-0.1, -0.05) is 18.2 Å². The zero-order valence-electron chi connectivity index (χ0n) is 12.1. The number of hydrogen-bond donors (Lipinski definition) is 2. The van der Waals surface area contributed by atoms with Crippen LogP contribution in [-0.2, 0) is 6.54 Å². The van der Waals surface area contributed by atoms with Crippen LogP contribution < -0.4 is 20.5 Å². The summed E-state index contributed by atoms with van der Waals surface area (Å²) in [5.74, 6) is 0.866. The summed E-state index contributed by atoms with van der Waals surface area (Å²) in [5, 5.41) is 2.85. The molecule has 110 valence electrons. The number of nitrogens with one attached hydrogen (secondary N) is 1. The lowest BCUT2D eigenvalue weighted by atomic mass is 10.1. The van der Waals surface area contributed by atoms with Crippen LogP contribution in [0, 0.1) is 0 Å². The minimum atomic E-state index is -0.225. The summed E-state index contributed by atoms with van der Waals surface area (Å²) < 4.78 is 10.3. The molecule has 21 heavy (non-hydrogen) atoms. The highest BCUT2D eigenvalue weighted by atomic mass is 16.5. The molecule has 0 heterocycles. The quantitative estimate of drug-likeness (QED) is 0.885. The van der Waals surface area contributed by atoms with E-state index >= 15 is 0 Å². The zero-order chi connectivity index (χ0) is 15.2. The van der Waals surface area contributed by atoms with Crippen LogP contribution in [0.4, 0.5) is 5.69 Å². The Balaban J connectivity index is 2.24. The number of benzene rings is 2. The molecule has 5 heteroatoms. The Hall–Kier alpha value is -2.53. The van der Waals surface area contributed by atoms with E-state index in [-0.39, 0.29) is 5.91 Å². The smallest absolute Gasteiger partial charge is 0.255 e. The van der Waals surface area contributed by atoms with Gasteiger partial charge in [0.2, 0.25) is 0 Å². The van der Waals surface area contributed by atoms with E-state index in [1.807, 2.05) is 24.3 Å². The first kappa shape index (κ1) is 14.9. The molecule has 3 N–H and O–H groups in total. The minimum absolute atomic E-state index is 0.225. The molecule has 0 bridgehead atoms. The fourth-order valence-electron chi connectivity index (χ4n) is 1.99. The van der Waals surface area contributed by atoms with E-state index in [0.29, 0.717) is 29.3 Å². The number of amides is 1. The molecule has 0 unspecified atom stereocenters. The van der Waals surface area contributed by atoms with Crippen LogP contribution in [0.2, 0.25) is 0 Å². The summed E-state index contributed by atoms with van der Waals surface area (Å²) in [6.07, 6.45) is 0. The van der Waals surface area contributed by atoms with E-state index in [4.69, 9.17) is 15.2 Å². The Kier molecular flexibility index (Phi) is 4.79. The van der Waals surface area contributed by atoms with Gasteiger partial charge in [0.1, 0.15) is 0 Å². The van der Waals surface area contributed by atoms with Crippen molar-refractivity contribution < 1.29 is 14.3 Å². The van der Waals surface area contributed by atoms with Gasteiger partial charge < -0.3 is 20.5 Å². The first-order chi connectivity index (χ1) is 10.2. The second-order valence-electron chi connectivity index (χ2n) is 4.39. The highest BCUT2D eigenvalue weighted by molar-refractivity contribution is 6.05. The van der Waals surface area contributed by atoms with Crippen LogP contribution in [0.5, 0.6) is 11.5 Å². The van der Waals surface area contributed by atoms with Gasteiger partial charge in [0.25, 0.3) is 5.91 Å². The SMILES string of the molecule is COc1ccc(C(=O)Nc2ccccc2CN)cc1OC. The Morgan fingerprint density at radius 3 is 2.48 bits per heavy atom. The Morgan fingerprint density at radius 2 is 1.81 bits per heavy atom. The molecule has 0 saturated carbocycles. The van der Waals surface area contributed by atoms with E-state index in [1.165, 1.54) is 7.11 Å². The molecule has 0 radical (unpaired) electrons. The zero-order valence-corrected chi connectivity index (χ0v) is 12.1. The lowest BCUT2D eigenvalue weighted by Crippen LogP contribution is -2.14. The number of para-hydroxylation sites is 1. The van der Waals surface area contributed by atoms with Crippen molar-refractivity contribution >= 4 is 11.6 Å². The van der Waals surface area contributed by atoms with Crippen molar-refractivity contribution in [2.45, 2.75) is 6.54 Å². The van der Waals surface area contributed by atoms with Crippen LogP contribution in [0.3, 0.4) is 0 Å². The summed E-state index contributed by atoms with van der Waals surface area (Å²) in [5.41, 5.74) is 7.74. The molecule has 0 aromatic heterocycles. The Morgan fingerprint density at radius 1 is 1.10 bits per heavy atom. The average molecular weight is 286 g/mol. The van der Waals surface area contributed by atoms with Gasteiger partial charge in [-0.25, -0.2) is 0 Å². The summed E-state index contributed by atoms with van der Waals surface area (Å²) in [4.78, 5) is 12.3. The second-order valence-corrected chi connectivity index (χ2v) is 4.39. The van der Waals surface area contributed by atoms with Gasteiger partial charge in [-0.3, -0.25) is 4.79 Å². The van der Waals surface area contributed by atoms with Crippen molar-refractivity contribution in [3.8, 4) is 11.5 Å². The molecule has 0 aliphatic heterocycles. The van der Waals surface area contributed by atoms with Gasteiger partial charge in [0.15, 0.2) is 11.5 Å². The summed E-state index contributed by atoms with van der Waals surface area (Å²) in [7, 11) is 3.08. The molecule has 2 rings (SSSR count). The summed E-state index contributed by atoms with van der Waals surface area (Å²) >= 11 is 0. The maximum atomic E-state index is 12.3. The second kappa shape index (κ2) is 6.76. The molecular formula is C16H18N2O3. The fraction of sp³-hybridized carbons (Fsp3) is 0.188. The van der Waals surface area contributed by atoms with E-state index in [2.05, 4.69) is 5.32 Å². The number of methoxy groups -OCH3 is 2. The predicted molar refractivity (Wildman–Crippen MR) is 81.8 cm³/mol. The van der Waals surface area contributed by atoms with Gasteiger partial charge in [0.05, 0.1) is 14.2 Å². The van der Waals surface area contributed by atoms with Crippen molar-refractivity contribution in [2.24, 2.45) is 5.73 Å². The van der Waals surface area contributed by atoms with Crippen LogP contribution in [0.25, 0.3) is 0 Å². The van der Waals surface area contributed by atoms with Gasteiger partial charge in [0, 0.05) is 17.8 Å². The third-order valence-corrected chi connectivity index (χ3v) is 3.13. The molecular weight excluding hydrogens is 268 g/mol. The molecule has 2 aromatic carbocycles. The van der Waals surface area contributed by atoms with E-state index < -0.39 is 0 Å². The van der Waals surface area contributed by atoms with Gasteiger partial charge in [-0.05, 0) is 29.8 Å². The molecule has 0 saturated heterocycles. The largest absolute Gasteiger partial charge is 0.493 e. The molecule has 0 spiro atoms. The minimum Gasteiger partial charge on any atom is -0.493 e. The number of carbonyl (C=O) groups excluding carboxylic acids is 1. The molecule has 0 aliphatic carbocycles. The number of anilines is 1. The van der Waals surface area contributed by atoms with E-state index in [0.717, 1.165) is 5.56 Å². The van der Waals surface area contributed by atoms with Crippen LogP contribution >= 0.6 is 0 Å². The number of carbonyl (C=O) groups is 1. The Labute approximate surface area is 123 Å². The normalized spacial score (nSPS) is 10.0. The first-order valence-electron chi connectivity index (χ1n) is 6.51. The van der Waals surface area contributed by atoms with Crippen LogP contribution in [0.1, 0.15) is 15.9 Å². The van der Waals surface area contributed by atoms with Crippen molar-refractivity contribution in [1.82, 2.24) is 0 Å². The van der Waals surface area contributed by atoms with Crippen molar-refractivity contribution in [2.75, 3.05) is 19.5 Å². The molecule has 0 atom stereocenters. The van der Waals surface area contributed by atoms with Gasteiger partial charge >= 0.3 is 0 Å². The van der Waals surface area contributed by atoms with Crippen LogP contribution in [-0.4, -0.2) is 20.1 Å². The summed E-state index contributed by atoms with van der Waals surface area (Å²) in [6, 6.07) is 12.5. The monoisotopic (exact) mass is 286 g/mol.